The second-order valence-electron chi connectivity index (χ2n) is 7.30. The predicted octanol–water partition coefficient (Wildman–Crippen LogP) is 3.47. The van der Waals surface area contributed by atoms with E-state index in [0.717, 1.165) is 5.56 Å². The summed E-state index contributed by atoms with van der Waals surface area (Å²) in [6, 6.07) is 11.8. The Morgan fingerprint density at radius 1 is 1.12 bits per heavy atom. The lowest BCUT2D eigenvalue weighted by Gasteiger charge is -2.23. The summed E-state index contributed by atoms with van der Waals surface area (Å²) in [6.45, 7) is 4.68. The first-order valence-corrected chi connectivity index (χ1v) is 11.9. The number of methoxy groups -OCH3 is 1. The molecule has 176 valence electrons. The number of aromatic nitrogens is 1. The summed E-state index contributed by atoms with van der Waals surface area (Å²) in [5, 5.41) is 0.613. The summed E-state index contributed by atoms with van der Waals surface area (Å²) >= 11 is 7.23. The summed E-state index contributed by atoms with van der Waals surface area (Å²) in [6.07, 6.45) is 3.24. The molecule has 1 aromatic heterocycles. The number of ether oxygens (including phenoxy) is 3. The molecule has 4 rings (SSSR count). The van der Waals surface area contributed by atoms with Crippen LogP contribution in [0.4, 0.5) is 0 Å². The van der Waals surface area contributed by atoms with Gasteiger partial charge in [0, 0.05) is 11.2 Å². The van der Waals surface area contributed by atoms with E-state index in [1.165, 1.54) is 29.2 Å². The van der Waals surface area contributed by atoms with Crippen LogP contribution in [0.5, 0.6) is 11.5 Å². The fourth-order valence-electron chi connectivity index (χ4n) is 3.70. The van der Waals surface area contributed by atoms with Crippen LogP contribution in [0.25, 0.3) is 6.08 Å². The third-order valence-corrected chi connectivity index (χ3v) is 6.42. The minimum atomic E-state index is -0.731. The summed E-state index contributed by atoms with van der Waals surface area (Å²) < 4.78 is 18.4. The molecular weight excluding hydrogens is 476 g/mol. The van der Waals surface area contributed by atoms with Gasteiger partial charge in [-0.1, -0.05) is 41.1 Å². The van der Waals surface area contributed by atoms with Gasteiger partial charge < -0.3 is 14.2 Å². The van der Waals surface area contributed by atoms with E-state index < -0.39 is 12.0 Å². The zero-order valence-corrected chi connectivity index (χ0v) is 20.5. The Balaban J connectivity index is 1.90. The first-order chi connectivity index (χ1) is 16.5. The summed E-state index contributed by atoms with van der Waals surface area (Å²) in [5.74, 6) is 0.561. The van der Waals surface area contributed by atoms with E-state index in [9.17, 15) is 9.59 Å². The molecule has 0 aliphatic carbocycles. The predicted molar refractivity (Wildman–Crippen MR) is 131 cm³/mol. The van der Waals surface area contributed by atoms with E-state index in [1.54, 1.807) is 30.3 Å². The fourth-order valence-corrected chi connectivity index (χ4v) is 4.79. The highest BCUT2D eigenvalue weighted by molar-refractivity contribution is 7.07. The van der Waals surface area contributed by atoms with Crippen LogP contribution in [0.15, 0.2) is 64.0 Å². The second kappa shape index (κ2) is 10.3. The molecule has 0 N–H and O–H groups in total. The van der Waals surface area contributed by atoms with Crippen molar-refractivity contribution in [1.82, 2.24) is 4.57 Å². The topological polar surface area (TPSA) is 79.1 Å². The number of carbonyl (C=O) groups excluding carboxylic acids is 1. The smallest absolute Gasteiger partial charge is 0.337 e. The Kier molecular flexibility index (Phi) is 7.19. The third-order valence-electron chi connectivity index (χ3n) is 5.18. The van der Waals surface area contributed by atoms with E-state index in [2.05, 4.69) is 4.99 Å². The highest BCUT2D eigenvalue weighted by Gasteiger charge is 2.31. The van der Waals surface area contributed by atoms with E-state index >= 15 is 0 Å². The monoisotopic (exact) mass is 498 g/mol. The molecule has 3 aromatic rings. The van der Waals surface area contributed by atoms with Gasteiger partial charge in [0.25, 0.3) is 5.56 Å². The number of hydrogen-bond acceptors (Lipinski definition) is 7. The zero-order valence-electron chi connectivity index (χ0n) is 18.9. The average Bonchev–Trinajstić information content (AvgIpc) is 3.16. The normalized spacial score (nSPS) is 15.2. The maximum absolute atomic E-state index is 13.5. The van der Waals surface area contributed by atoms with Gasteiger partial charge in [0.15, 0.2) is 16.3 Å². The van der Waals surface area contributed by atoms with E-state index in [-0.39, 0.29) is 11.1 Å². The van der Waals surface area contributed by atoms with E-state index in [4.69, 9.17) is 25.8 Å². The van der Waals surface area contributed by atoms with Crippen LogP contribution < -0.4 is 24.4 Å². The fraction of sp³-hybridized carbons (Fsp3) is 0.240. The highest BCUT2D eigenvalue weighted by Crippen LogP contribution is 2.35. The Morgan fingerprint density at radius 2 is 1.82 bits per heavy atom. The number of carbonyl (C=O) groups is 1. The molecule has 7 nitrogen and oxygen atoms in total. The highest BCUT2D eigenvalue weighted by atomic mass is 35.5. The van der Waals surface area contributed by atoms with Gasteiger partial charge >= 0.3 is 5.97 Å². The first kappa shape index (κ1) is 23.8. The van der Waals surface area contributed by atoms with Crippen LogP contribution in [0.2, 0.25) is 5.02 Å². The van der Waals surface area contributed by atoms with Crippen molar-refractivity contribution in [2.24, 2.45) is 4.99 Å². The van der Waals surface area contributed by atoms with Gasteiger partial charge in [0.1, 0.15) is 0 Å². The minimum Gasteiger partial charge on any atom is -0.490 e. The summed E-state index contributed by atoms with van der Waals surface area (Å²) in [5.41, 5.74) is 1.50. The molecule has 0 radical (unpaired) electrons. The Labute approximate surface area is 205 Å². The number of benzene rings is 2. The molecule has 0 saturated carbocycles. The van der Waals surface area contributed by atoms with Crippen LogP contribution in [0.1, 0.15) is 31.0 Å². The number of thiazole rings is 1. The molecule has 0 amide bonds. The van der Waals surface area contributed by atoms with E-state index in [0.29, 0.717) is 44.6 Å². The molecule has 0 unspecified atom stereocenters. The number of esters is 1. The molecular formula is C25H23ClN2O5S. The number of halogens is 1. The van der Waals surface area contributed by atoms with Gasteiger partial charge in [-0.15, -0.1) is 0 Å². The lowest BCUT2D eigenvalue weighted by molar-refractivity contribution is -0.136. The van der Waals surface area contributed by atoms with Crippen molar-refractivity contribution in [2.45, 2.75) is 19.9 Å². The number of rotatable bonds is 7. The van der Waals surface area contributed by atoms with Crippen LogP contribution in [-0.4, -0.2) is 30.9 Å². The SMILES string of the molecule is CCOc1ccc([C@@H]2C(C(=O)OC)=CN=c3s/c(=C\c4ccc(Cl)cc4)c(=O)n32)cc1OCC. The first-order valence-electron chi connectivity index (χ1n) is 10.7. The van der Waals surface area contributed by atoms with Crippen molar-refractivity contribution in [3.63, 3.8) is 0 Å². The van der Waals surface area contributed by atoms with Crippen molar-refractivity contribution in [3.05, 3.63) is 90.1 Å². The molecule has 34 heavy (non-hydrogen) atoms. The van der Waals surface area contributed by atoms with Crippen molar-refractivity contribution in [1.29, 1.82) is 0 Å². The summed E-state index contributed by atoms with van der Waals surface area (Å²) in [4.78, 5) is 31.0. The van der Waals surface area contributed by atoms with Crippen LogP contribution in [-0.2, 0) is 9.53 Å². The molecule has 9 heteroatoms. The quantitative estimate of drug-likeness (QED) is 0.466. The molecule has 1 aliphatic heterocycles. The van der Waals surface area contributed by atoms with Gasteiger partial charge in [-0.25, -0.2) is 9.79 Å². The molecule has 0 fully saturated rings. The van der Waals surface area contributed by atoms with Gasteiger partial charge in [0.2, 0.25) is 0 Å². The molecule has 0 bridgehead atoms. The molecule has 2 heterocycles. The number of nitrogens with zero attached hydrogens (tertiary/aromatic N) is 2. The average molecular weight is 499 g/mol. The largest absolute Gasteiger partial charge is 0.490 e. The van der Waals surface area contributed by atoms with Crippen molar-refractivity contribution < 1.29 is 19.0 Å². The third kappa shape index (κ3) is 4.64. The standard InChI is InChI=1S/C25H23ClN2O5S/c1-4-32-19-11-8-16(13-20(19)33-5-2)22-18(24(30)31-3)14-27-25-28(22)23(29)21(34-25)12-15-6-9-17(26)10-7-15/h6-14,22H,4-5H2,1-3H3/b21-12-/t22-/m1/s1. The lowest BCUT2D eigenvalue weighted by atomic mass is 9.97. The van der Waals surface area contributed by atoms with Gasteiger partial charge in [-0.05, 0) is 55.3 Å². The Morgan fingerprint density at radius 3 is 2.50 bits per heavy atom. The molecule has 0 saturated heterocycles. The second-order valence-corrected chi connectivity index (χ2v) is 8.75. The molecule has 1 aliphatic rings. The van der Waals surface area contributed by atoms with Gasteiger partial charge in [-0.3, -0.25) is 9.36 Å². The van der Waals surface area contributed by atoms with Gasteiger partial charge in [0.05, 0.1) is 36.5 Å². The Bertz CT molecular complexity index is 1420. The molecule has 1 atom stereocenters. The lowest BCUT2D eigenvalue weighted by Crippen LogP contribution is -2.39. The van der Waals surface area contributed by atoms with E-state index in [1.807, 2.05) is 32.0 Å². The van der Waals surface area contributed by atoms with Crippen molar-refractivity contribution >= 4 is 35.0 Å². The summed E-state index contributed by atoms with van der Waals surface area (Å²) in [7, 11) is 1.30. The van der Waals surface area contributed by atoms with Crippen LogP contribution in [0.3, 0.4) is 0 Å². The van der Waals surface area contributed by atoms with Crippen molar-refractivity contribution in [2.75, 3.05) is 20.3 Å². The maximum Gasteiger partial charge on any atom is 0.337 e. The molecule has 2 aromatic carbocycles. The van der Waals surface area contributed by atoms with Crippen molar-refractivity contribution in [3.8, 4) is 11.5 Å². The maximum atomic E-state index is 13.5. The zero-order chi connectivity index (χ0) is 24.2. The van der Waals surface area contributed by atoms with Gasteiger partial charge in [-0.2, -0.15) is 0 Å². The minimum absolute atomic E-state index is 0.250. The van der Waals surface area contributed by atoms with Crippen LogP contribution in [0, 0.1) is 0 Å². The van der Waals surface area contributed by atoms with Crippen LogP contribution >= 0.6 is 22.9 Å². The number of hydrogen-bond donors (Lipinski definition) is 0. The molecule has 0 spiro atoms. The Hall–Kier alpha value is -3.36. The number of fused-ring (bicyclic) bond motifs is 1.